The summed E-state index contributed by atoms with van der Waals surface area (Å²) in [5.41, 5.74) is 1.37. The third kappa shape index (κ3) is 0.955. The highest BCUT2D eigenvalue weighted by Crippen LogP contribution is 2.24. The fraction of sp³-hybridized carbons (Fsp3) is 0.333. The van der Waals surface area contributed by atoms with Gasteiger partial charge in [-0.1, -0.05) is 0 Å². The quantitative estimate of drug-likeness (QED) is 0.590. The summed E-state index contributed by atoms with van der Waals surface area (Å²) in [7, 11) is 0. The maximum atomic E-state index is 3.43. The Bertz CT molecular complexity index is 171. The molecule has 0 fully saturated rings. The molecule has 0 nitrogen and oxygen atoms in total. The molecule has 0 aromatic carbocycles. The number of rotatable bonds is 0. The number of halogens is 1. The van der Waals surface area contributed by atoms with E-state index >= 15 is 0 Å². The minimum absolute atomic E-state index is 1.24. The van der Waals surface area contributed by atoms with Gasteiger partial charge in [0.2, 0.25) is 0 Å². The molecule has 0 radical (unpaired) electrons. The highest BCUT2D eigenvalue weighted by molar-refractivity contribution is 9.10. The van der Waals surface area contributed by atoms with Crippen molar-refractivity contribution < 1.29 is 0 Å². The second-order valence-electron chi connectivity index (χ2n) is 1.76. The molecule has 0 unspecified atom stereocenters. The fourth-order valence-corrected chi connectivity index (χ4v) is 1.94. The van der Waals surface area contributed by atoms with Crippen LogP contribution in [0.25, 0.3) is 0 Å². The van der Waals surface area contributed by atoms with Gasteiger partial charge >= 0.3 is 0 Å². The Morgan fingerprint density at radius 2 is 2.12 bits per heavy atom. The third-order valence-corrected chi connectivity index (χ3v) is 3.37. The maximum Gasteiger partial charge on any atom is 0.0314 e. The summed E-state index contributed by atoms with van der Waals surface area (Å²) in [6, 6.07) is 0. The molecule has 0 atom stereocenters. The molecule has 1 aromatic heterocycles. The largest absolute Gasteiger partial charge is 0.148 e. The Hall–Kier alpha value is 0.180. The first-order valence-corrected chi connectivity index (χ1v) is 4.09. The highest BCUT2D eigenvalue weighted by Gasteiger charge is 1.97. The Kier molecular flexibility index (Phi) is 1.73. The summed E-state index contributed by atoms with van der Waals surface area (Å²) in [5, 5.41) is 2.12. The van der Waals surface area contributed by atoms with Crippen molar-refractivity contribution in [2.75, 3.05) is 0 Å². The first kappa shape index (κ1) is 6.30. The Labute approximate surface area is 61.7 Å². The molecule has 0 aliphatic heterocycles. The van der Waals surface area contributed by atoms with Crippen LogP contribution in [0.3, 0.4) is 0 Å². The Morgan fingerprint density at radius 3 is 2.25 bits per heavy atom. The van der Waals surface area contributed by atoms with Crippen molar-refractivity contribution in [2.45, 2.75) is 13.8 Å². The van der Waals surface area contributed by atoms with Crippen LogP contribution in [-0.2, 0) is 0 Å². The molecule has 0 aliphatic carbocycles. The summed E-state index contributed by atoms with van der Waals surface area (Å²) in [6.07, 6.45) is 0. The zero-order valence-electron chi connectivity index (χ0n) is 4.86. The molecule has 0 saturated carbocycles. The number of aryl methyl sites for hydroxylation is 1. The maximum absolute atomic E-state index is 3.43. The van der Waals surface area contributed by atoms with Gasteiger partial charge in [-0.05, 0) is 35.3 Å². The summed E-state index contributed by atoms with van der Waals surface area (Å²) < 4.78 is 1.24. The van der Waals surface area contributed by atoms with Crippen molar-refractivity contribution in [2.24, 2.45) is 0 Å². The molecule has 2 heteroatoms. The van der Waals surface area contributed by atoms with E-state index in [1.165, 1.54) is 14.9 Å². The lowest BCUT2D eigenvalue weighted by Crippen LogP contribution is -1.66. The number of hydrogen-bond acceptors (Lipinski definition) is 1. The van der Waals surface area contributed by atoms with Crippen LogP contribution in [0.5, 0.6) is 0 Å². The summed E-state index contributed by atoms with van der Waals surface area (Å²) in [4.78, 5) is 1.40. The van der Waals surface area contributed by atoms with Gasteiger partial charge in [-0.15, -0.1) is 11.3 Å². The minimum atomic E-state index is 1.24. The van der Waals surface area contributed by atoms with E-state index < -0.39 is 0 Å². The molecule has 0 bridgehead atoms. The van der Waals surface area contributed by atoms with Crippen molar-refractivity contribution in [3.05, 3.63) is 20.3 Å². The van der Waals surface area contributed by atoms with Gasteiger partial charge in [-0.25, -0.2) is 0 Å². The van der Waals surface area contributed by atoms with E-state index in [9.17, 15) is 0 Å². The molecule has 1 rings (SSSR count). The lowest BCUT2D eigenvalue weighted by Gasteiger charge is -1.84. The number of hydrogen-bond donors (Lipinski definition) is 0. The topological polar surface area (TPSA) is 0 Å². The van der Waals surface area contributed by atoms with Gasteiger partial charge in [0.1, 0.15) is 0 Å². The van der Waals surface area contributed by atoms with Gasteiger partial charge in [0, 0.05) is 14.7 Å². The van der Waals surface area contributed by atoms with E-state index in [2.05, 4.69) is 35.2 Å². The molecule has 0 aliphatic rings. The van der Waals surface area contributed by atoms with E-state index in [1.54, 1.807) is 11.3 Å². The molecular weight excluding hydrogens is 184 g/mol. The van der Waals surface area contributed by atoms with Gasteiger partial charge in [0.15, 0.2) is 0 Å². The fourth-order valence-electron chi connectivity index (χ4n) is 0.485. The van der Waals surface area contributed by atoms with Crippen LogP contribution in [0, 0.1) is 13.8 Å². The second-order valence-corrected chi connectivity index (χ2v) is 3.70. The first-order chi connectivity index (χ1) is 3.72. The Morgan fingerprint density at radius 1 is 1.50 bits per heavy atom. The predicted octanol–water partition coefficient (Wildman–Crippen LogP) is 3.13. The number of thiophene rings is 1. The normalized spacial score (nSPS) is 9.88. The van der Waals surface area contributed by atoms with Crippen LogP contribution in [0.2, 0.25) is 0 Å². The van der Waals surface area contributed by atoms with E-state index in [-0.39, 0.29) is 0 Å². The lowest BCUT2D eigenvalue weighted by atomic mass is 10.3. The average Bonchev–Trinajstić information content (AvgIpc) is 1.98. The van der Waals surface area contributed by atoms with Gasteiger partial charge < -0.3 is 0 Å². The van der Waals surface area contributed by atoms with Crippen molar-refractivity contribution in [1.29, 1.82) is 0 Å². The van der Waals surface area contributed by atoms with Crippen molar-refractivity contribution in [3.63, 3.8) is 0 Å². The molecule has 1 aromatic rings. The molecular formula is C6H7BrS. The van der Waals surface area contributed by atoms with Gasteiger partial charge in [0.25, 0.3) is 0 Å². The smallest absolute Gasteiger partial charge is 0.0314 e. The summed E-state index contributed by atoms with van der Waals surface area (Å²) in [6.45, 7) is 4.25. The van der Waals surface area contributed by atoms with E-state index in [0.29, 0.717) is 0 Å². The van der Waals surface area contributed by atoms with E-state index in [0.717, 1.165) is 0 Å². The van der Waals surface area contributed by atoms with Gasteiger partial charge in [-0.3, -0.25) is 0 Å². The second kappa shape index (κ2) is 2.19. The first-order valence-electron chi connectivity index (χ1n) is 2.42. The third-order valence-electron chi connectivity index (χ3n) is 1.23. The zero-order chi connectivity index (χ0) is 6.15. The van der Waals surface area contributed by atoms with Crippen LogP contribution in [0.1, 0.15) is 10.4 Å². The molecule has 44 valence electrons. The van der Waals surface area contributed by atoms with Gasteiger partial charge in [0.05, 0.1) is 0 Å². The van der Waals surface area contributed by atoms with Crippen molar-refractivity contribution in [3.8, 4) is 0 Å². The van der Waals surface area contributed by atoms with Crippen LogP contribution in [0.4, 0.5) is 0 Å². The minimum Gasteiger partial charge on any atom is -0.148 e. The SMILES string of the molecule is Cc1scc(Br)c1C. The molecule has 8 heavy (non-hydrogen) atoms. The summed E-state index contributed by atoms with van der Waals surface area (Å²) in [5.74, 6) is 0. The van der Waals surface area contributed by atoms with Crippen LogP contribution in [-0.4, -0.2) is 0 Å². The standard InChI is InChI=1S/C6H7BrS/c1-4-5(2)8-3-6(4)7/h3H,1-2H3. The van der Waals surface area contributed by atoms with E-state index in [4.69, 9.17) is 0 Å². The zero-order valence-corrected chi connectivity index (χ0v) is 7.27. The van der Waals surface area contributed by atoms with Crippen LogP contribution in [0.15, 0.2) is 9.85 Å². The average molecular weight is 191 g/mol. The van der Waals surface area contributed by atoms with Crippen molar-refractivity contribution >= 4 is 27.3 Å². The molecule has 1 heterocycles. The van der Waals surface area contributed by atoms with Crippen LogP contribution < -0.4 is 0 Å². The van der Waals surface area contributed by atoms with Gasteiger partial charge in [-0.2, -0.15) is 0 Å². The monoisotopic (exact) mass is 190 g/mol. The molecule has 0 N–H and O–H groups in total. The molecule has 0 saturated heterocycles. The lowest BCUT2D eigenvalue weighted by molar-refractivity contribution is 1.42. The van der Waals surface area contributed by atoms with Crippen molar-refractivity contribution in [1.82, 2.24) is 0 Å². The predicted molar refractivity (Wildman–Crippen MR) is 41.5 cm³/mol. The Balaban J connectivity index is 3.19. The molecule has 0 spiro atoms. The summed E-state index contributed by atoms with van der Waals surface area (Å²) >= 11 is 5.21. The highest BCUT2D eigenvalue weighted by atomic mass is 79.9. The van der Waals surface area contributed by atoms with E-state index in [1.807, 2.05) is 0 Å². The molecule has 0 amide bonds. The van der Waals surface area contributed by atoms with Crippen LogP contribution >= 0.6 is 27.3 Å².